The first kappa shape index (κ1) is 17.5. The average Bonchev–Trinajstić information content (AvgIpc) is 2.63. The Kier molecular flexibility index (Phi) is 5.51. The van der Waals surface area contributed by atoms with E-state index in [1.807, 2.05) is 18.2 Å². The molecule has 3 N–H and O–H groups in total. The van der Waals surface area contributed by atoms with E-state index in [1.54, 1.807) is 60.7 Å². The monoisotopic (exact) mass is 365 g/mol. The fourth-order valence-corrected chi connectivity index (χ4v) is 2.55. The summed E-state index contributed by atoms with van der Waals surface area (Å²) in [7, 11) is 0. The van der Waals surface area contributed by atoms with Crippen LogP contribution in [0, 0.1) is 0 Å². The molecule has 0 saturated heterocycles. The van der Waals surface area contributed by atoms with Gasteiger partial charge in [0.15, 0.2) is 0 Å². The molecule has 0 aliphatic heterocycles. The van der Waals surface area contributed by atoms with Gasteiger partial charge < -0.3 is 16.0 Å². The normalized spacial score (nSPS) is 10.0. The molecule has 0 aliphatic rings. The second kappa shape index (κ2) is 8.18. The number of benzene rings is 3. The molecule has 3 aromatic rings. The largest absolute Gasteiger partial charge is 0.323 e. The fourth-order valence-electron chi connectivity index (χ4n) is 2.33. The number of anilines is 3. The van der Waals surface area contributed by atoms with E-state index in [2.05, 4.69) is 16.0 Å². The number of para-hydroxylation sites is 1. The lowest BCUT2D eigenvalue weighted by Gasteiger charge is -2.10. The Morgan fingerprint density at radius 3 is 1.96 bits per heavy atom. The Balaban J connectivity index is 1.65. The standard InChI is InChI=1S/C20H16ClN3O2/c21-18-12-5-4-11-17(18)19(25)22-15-9-6-10-16(13-15)24-20(26)23-14-7-2-1-3-8-14/h1-13H,(H,22,25)(H2,23,24,26). The van der Waals surface area contributed by atoms with E-state index in [0.29, 0.717) is 27.6 Å². The number of urea groups is 1. The van der Waals surface area contributed by atoms with Crippen LogP contribution in [-0.2, 0) is 0 Å². The van der Waals surface area contributed by atoms with Crippen molar-refractivity contribution in [3.05, 3.63) is 89.4 Å². The first-order valence-corrected chi connectivity index (χ1v) is 8.28. The van der Waals surface area contributed by atoms with Gasteiger partial charge in [-0.1, -0.05) is 48.0 Å². The number of amides is 3. The van der Waals surface area contributed by atoms with E-state index in [-0.39, 0.29) is 11.9 Å². The van der Waals surface area contributed by atoms with Gasteiger partial charge in [-0.05, 0) is 42.5 Å². The second-order valence-corrected chi connectivity index (χ2v) is 5.87. The first-order valence-electron chi connectivity index (χ1n) is 7.91. The maximum atomic E-state index is 12.3. The molecule has 130 valence electrons. The Labute approximate surface area is 156 Å². The van der Waals surface area contributed by atoms with E-state index in [1.165, 1.54) is 0 Å². The molecular weight excluding hydrogens is 350 g/mol. The third kappa shape index (κ3) is 4.62. The third-order valence-corrected chi connectivity index (χ3v) is 3.86. The van der Waals surface area contributed by atoms with Crippen LogP contribution in [0.1, 0.15) is 10.4 Å². The third-order valence-electron chi connectivity index (χ3n) is 3.53. The van der Waals surface area contributed by atoms with Crippen LogP contribution in [0.25, 0.3) is 0 Å². The average molecular weight is 366 g/mol. The minimum absolute atomic E-state index is 0.318. The molecule has 0 radical (unpaired) electrons. The summed E-state index contributed by atoms with van der Waals surface area (Å²) < 4.78 is 0. The number of nitrogens with one attached hydrogen (secondary N) is 3. The van der Waals surface area contributed by atoms with Crippen molar-refractivity contribution in [1.29, 1.82) is 0 Å². The number of hydrogen-bond donors (Lipinski definition) is 3. The number of carbonyl (C=O) groups excluding carboxylic acids is 2. The maximum absolute atomic E-state index is 12.3. The highest BCUT2D eigenvalue weighted by Gasteiger charge is 2.10. The van der Waals surface area contributed by atoms with Crippen molar-refractivity contribution in [2.45, 2.75) is 0 Å². The van der Waals surface area contributed by atoms with Crippen molar-refractivity contribution in [2.75, 3.05) is 16.0 Å². The topological polar surface area (TPSA) is 70.2 Å². The Morgan fingerprint density at radius 1 is 0.654 bits per heavy atom. The van der Waals surface area contributed by atoms with Crippen LogP contribution in [0.4, 0.5) is 21.9 Å². The molecule has 0 bridgehead atoms. The van der Waals surface area contributed by atoms with Gasteiger partial charge in [-0.25, -0.2) is 4.79 Å². The van der Waals surface area contributed by atoms with Gasteiger partial charge in [0.1, 0.15) is 0 Å². The summed E-state index contributed by atoms with van der Waals surface area (Å²) in [6.07, 6.45) is 0. The van der Waals surface area contributed by atoms with Crippen LogP contribution in [0.3, 0.4) is 0 Å². The lowest BCUT2D eigenvalue weighted by Crippen LogP contribution is -2.19. The van der Waals surface area contributed by atoms with Gasteiger partial charge in [0.25, 0.3) is 5.91 Å². The Bertz CT molecular complexity index is 929. The summed E-state index contributed by atoms with van der Waals surface area (Å²) in [5.41, 5.74) is 2.17. The molecule has 3 amide bonds. The van der Waals surface area contributed by atoms with Crippen LogP contribution in [0.2, 0.25) is 5.02 Å². The van der Waals surface area contributed by atoms with Gasteiger partial charge in [0, 0.05) is 17.1 Å². The molecular formula is C20H16ClN3O2. The van der Waals surface area contributed by atoms with Crippen LogP contribution >= 0.6 is 11.6 Å². The Morgan fingerprint density at radius 2 is 1.23 bits per heavy atom. The van der Waals surface area contributed by atoms with E-state index < -0.39 is 0 Å². The molecule has 0 aliphatic carbocycles. The predicted molar refractivity (Wildman–Crippen MR) is 105 cm³/mol. The lowest BCUT2D eigenvalue weighted by atomic mass is 10.2. The van der Waals surface area contributed by atoms with E-state index in [9.17, 15) is 9.59 Å². The number of halogens is 1. The SMILES string of the molecule is O=C(Nc1ccccc1)Nc1cccc(NC(=O)c2ccccc2Cl)c1. The highest BCUT2D eigenvalue weighted by Crippen LogP contribution is 2.19. The zero-order chi connectivity index (χ0) is 18.4. The van der Waals surface area contributed by atoms with Crippen molar-refractivity contribution in [3.8, 4) is 0 Å². The quantitative estimate of drug-likeness (QED) is 0.592. The Hall–Kier alpha value is -3.31. The molecule has 3 aromatic carbocycles. The molecule has 0 atom stereocenters. The second-order valence-electron chi connectivity index (χ2n) is 5.46. The summed E-state index contributed by atoms with van der Waals surface area (Å²) in [4.78, 5) is 24.4. The maximum Gasteiger partial charge on any atom is 0.323 e. The molecule has 5 nitrogen and oxygen atoms in total. The van der Waals surface area contributed by atoms with Gasteiger partial charge in [0.05, 0.1) is 10.6 Å². The zero-order valence-corrected chi connectivity index (χ0v) is 14.5. The van der Waals surface area contributed by atoms with Gasteiger partial charge in [0.2, 0.25) is 0 Å². The van der Waals surface area contributed by atoms with Gasteiger partial charge >= 0.3 is 6.03 Å². The molecule has 0 heterocycles. The summed E-state index contributed by atoms with van der Waals surface area (Å²) in [5.74, 6) is -0.318. The minimum Gasteiger partial charge on any atom is -0.322 e. The van der Waals surface area contributed by atoms with E-state index in [4.69, 9.17) is 11.6 Å². The number of hydrogen-bond acceptors (Lipinski definition) is 2. The van der Waals surface area contributed by atoms with Crippen LogP contribution in [0.5, 0.6) is 0 Å². The minimum atomic E-state index is -0.370. The molecule has 3 rings (SSSR count). The van der Waals surface area contributed by atoms with Gasteiger partial charge in [-0.2, -0.15) is 0 Å². The van der Waals surface area contributed by atoms with Gasteiger partial charge in [-0.15, -0.1) is 0 Å². The van der Waals surface area contributed by atoms with E-state index in [0.717, 1.165) is 0 Å². The zero-order valence-electron chi connectivity index (χ0n) is 13.7. The van der Waals surface area contributed by atoms with Crippen molar-refractivity contribution >= 4 is 40.6 Å². The first-order chi connectivity index (χ1) is 12.6. The molecule has 0 saturated carbocycles. The van der Waals surface area contributed by atoms with Crippen LogP contribution in [-0.4, -0.2) is 11.9 Å². The predicted octanol–water partition coefficient (Wildman–Crippen LogP) is 5.24. The van der Waals surface area contributed by atoms with Crippen molar-refractivity contribution in [2.24, 2.45) is 0 Å². The number of carbonyl (C=O) groups is 2. The molecule has 0 spiro atoms. The lowest BCUT2D eigenvalue weighted by molar-refractivity contribution is 0.102. The molecule has 0 aromatic heterocycles. The van der Waals surface area contributed by atoms with E-state index >= 15 is 0 Å². The fraction of sp³-hybridized carbons (Fsp3) is 0. The highest BCUT2D eigenvalue weighted by molar-refractivity contribution is 6.34. The summed E-state index contributed by atoms with van der Waals surface area (Å²) in [6.45, 7) is 0. The molecule has 6 heteroatoms. The van der Waals surface area contributed by atoms with Crippen molar-refractivity contribution in [3.63, 3.8) is 0 Å². The summed E-state index contributed by atoms with van der Waals surface area (Å²) in [5, 5.41) is 8.60. The summed E-state index contributed by atoms with van der Waals surface area (Å²) in [6, 6.07) is 22.4. The number of rotatable bonds is 4. The van der Waals surface area contributed by atoms with Crippen LogP contribution in [0.15, 0.2) is 78.9 Å². The summed E-state index contributed by atoms with van der Waals surface area (Å²) >= 11 is 6.04. The molecule has 0 unspecified atom stereocenters. The van der Waals surface area contributed by atoms with Crippen molar-refractivity contribution in [1.82, 2.24) is 0 Å². The highest BCUT2D eigenvalue weighted by atomic mass is 35.5. The molecule has 0 fully saturated rings. The van der Waals surface area contributed by atoms with Crippen LogP contribution < -0.4 is 16.0 Å². The van der Waals surface area contributed by atoms with Crippen molar-refractivity contribution < 1.29 is 9.59 Å². The van der Waals surface area contributed by atoms with Gasteiger partial charge in [-0.3, -0.25) is 4.79 Å². The molecule has 26 heavy (non-hydrogen) atoms. The smallest absolute Gasteiger partial charge is 0.322 e.